The van der Waals surface area contributed by atoms with Crippen molar-refractivity contribution in [1.29, 1.82) is 0 Å². The number of aliphatic hydroxyl groups is 1. The number of aliphatic hydroxyl groups excluding tert-OH is 1. The molecule has 0 bridgehead atoms. The molecular weight excluding hydrogens is 142 g/mol. The minimum atomic E-state index is -0.264. The Morgan fingerprint density at radius 2 is 2.27 bits per heavy atom. The maximum Gasteiger partial charge on any atom is 0.125 e. The van der Waals surface area contributed by atoms with E-state index in [0.717, 1.165) is 19.1 Å². The average Bonchev–Trinajstić information content (AvgIpc) is 2.05. The summed E-state index contributed by atoms with van der Waals surface area (Å²) in [4.78, 5) is 10.4. The lowest BCUT2D eigenvalue weighted by atomic mass is 9.90. The first kappa shape index (κ1) is 10.6. The van der Waals surface area contributed by atoms with Crippen LogP contribution in [0.25, 0.3) is 0 Å². The topological polar surface area (TPSA) is 63.3 Å². The summed E-state index contributed by atoms with van der Waals surface area (Å²) in [5.74, 6) is -0.109. The number of aldehydes is 1. The quantitative estimate of drug-likeness (QED) is 0.543. The molecule has 0 aliphatic rings. The Morgan fingerprint density at radius 1 is 1.64 bits per heavy atom. The standard InChI is InChI=1S/C8H17NO2/c1-2-3-7(4-9)8(5-10)6-11/h5,7-8,11H,2-4,6,9H2,1H3/t7-,8?/m0/s1. The van der Waals surface area contributed by atoms with Crippen LogP contribution in [0.1, 0.15) is 19.8 Å². The first-order valence-electron chi connectivity index (χ1n) is 4.06. The maximum atomic E-state index is 10.4. The fraction of sp³-hybridized carbons (Fsp3) is 0.875. The van der Waals surface area contributed by atoms with Gasteiger partial charge in [-0.1, -0.05) is 13.3 Å². The van der Waals surface area contributed by atoms with Crippen LogP contribution in [-0.4, -0.2) is 24.5 Å². The first-order valence-corrected chi connectivity index (χ1v) is 4.06. The smallest absolute Gasteiger partial charge is 0.125 e. The van der Waals surface area contributed by atoms with E-state index < -0.39 is 0 Å². The van der Waals surface area contributed by atoms with Crippen LogP contribution in [0.5, 0.6) is 0 Å². The molecular formula is C8H17NO2. The molecule has 0 aromatic carbocycles. The highest BCUT2D eigenvalue weighted by atomic mass is 16.3. The molecule has 1 unspecified atom stereocenters. The van der Waals surface area contributed by atoms with E-state index in [1.54, 1.807) is 0 Å². The molecule has 2 atom stereocenters. The second-order valence-electron chi connectivity index (χ2n) is 2.77. The third-order valence-corrected chi connectivity index (χ3v) is 1.95. The lowest BCUT2D eigenvalue weighted by molar-refractivity contribution is -0.113. The summed E-state index contributed by atoms with van der Waals surface area (Å²) in [5, 5.41) is 8.77. The van der Waals surface area contributed by atoms with Gasteiger partial charge in [-0.05, 0) is 18.9 Å². The van der Waals surface area contributed by atoms with Gasteiger partial charge in [0.25, 0.3) is 0 Å². The van der Waals surface area contributed by atoms with Crippen LogP contribution in [0.15, 0.2) is 0 Å². The average molecular weight is 159 g/mol. The molecule has 0 spiro atoms. The molecule has 0 fully saturated rings. The Morgan fingerprint density at radius 3 is 2.55 bits per heavy atom. The molecule has 0 radical (unpaired) electrons. The van der Waals surface area contributed by atoms with Crippen molar-refractivity contribution in [2.45, 2.75) is 19.8 Å². The molecule has 0 saturated heterocycles. The van der Waals surface area contributed by atoms with E-state index in [9.17, 15) is 4.79 Å². The van der Waals surface area contributed by atoms with Gasteiger partial charge >= 0.3 is 0 Å². The van der Waals surface area contributed by atoms with Gasteiger partial charge in [-0.2, -0.15) is 0 Å². The van der Waals surface area contributed by atoms with Gasteiger partial charge in [-0.15, -0.1) is 0 Å². The van der Waals surface area contributed by atoms with Crippen molar-refractivity contribution in [2.24, 2.45) is 17.6 Å². The highest BCUT2D eigenvalue weighted by Gasteiger charge is 2.17. The van der Waals surface area contributed by atoms with E-state index >= 15 is 0 Å². The lowest BCUT2D eigenvalue weighted by Crippen LogP contribution is -2.27. The Kier molecular flexibility index (Phi) is 6.07. The zero-order valence-corrected chi connectivity index (χ0v) is 6.99. The second-order valence-corrected chi connectivity index (χ2v) is 2.77. The fourth-order valence-electron chi connectivity index (χ4n) is 1.18. The Balaban J connectivity index is 3.86. The van der Waals surface area contributed by atoms with Crippen molar-refractivity contribution in [3.05, 3.63) is 0 Å². The highest BCUT2D eigenvalue weighted by molar-refractivity contribution is 5.54. The Labute approximate surface area is 67.6 Å². The number of rotatable bonds is 6. The number of hydrogen-bond donors (Lipinski definition) is 2. The monoisotopic (exact) mass is 159 g/mol. The van der Waals surface area contributed by atoms with Gasteiger partial charge in [0.2, 0.25) is 0 Å². The van der Waals surface area contributed by atoms with Gasteiger partial charge in [0.05, 0.1) is 6.61 Å². The van der Waals surface area contributed by atoms with Crippen molar-refractivity contribution in [3.8, 4) is 0 Å². The second kappa shape index (κ2) is 6.31. The highest BCUT2D eigenvalue weighted by Crippen LogP contribution is 2.13. The minimum Gasteiger partial charge on any atom is -0.396 e. The summed E-state index contributed by atoms with van der Waals surface area (Å²) in [6.45, 7) is 2.45. The molecule has 66 valence electrons. The van der Waals surface area contributed by atoms with Gasteiger partial charge in [-0.3, -0.25) is 0 Å². The predicted molar refractivity (Wildman–Crippen MR) is 44.1 cm³/mol. The lowest BCUT2D eigenvalue weighted by Gasteiger charge is -2.18. The van der Waals surface area contributed by atoms with E-state index in [1.807, 2.05) is 6.92 Å². The molecule has 11 heavy (non-hydrogen) atoms. The van der Waals surface area contributed by atoms with Crippen LogP contribution < -0.4 is 5.73 Å². The van der Waals surface area contributed by atoms with Crippen LogP contribution in [-0.2, 0) is 4.79 Å². The molecule has 3 nitrogen and oxygen atoms in total. The summed E-state index contributed by atoms with van der Waals surface area (Å²) in [6, 6.07) is 0. The fourth-order valence-corrected chi connectivity index (χ4v) is 1.18. The third kappa shape index (κ3) is 3.49. The Bertz CT molecular complexity index is 106. The van der Waals surface area contributed by atoms with Crippen LogP contribution in [0.4, 0.5) is 0 Å². The normalized spacial score (nSPS) is 15.9. The zero-order chi connectivity index (χ0) is 8.69. The van der Waals surface area contributed by atoms with Crippen LogP contribution in [0.3, 0.4) is 0 Å². The number of nitrogens with two attached hydrogens (primary N) is 1. The van der Waals surface area contributed by atoms with Gasteiger partial charge in [0, 0.05) is 5.92 Å². The predicted octanol–water partition coefficient (Wildman–Crippen LogP) is 0.169. The maximum absolute atomic E-state index is 10.4. The molecule has 0 rings (SSSR count). The van der Waals surface area contributed by atoms with E-state index in [2.05, 4.69) is 0 Å². The minimum absolute atomic E-state index is 0.0780. The van der Waals surface area contributed by atoms with E-state index in [-0.39, 0.29) is 18.4 Å². The molecule has 0 aromatic heterocycles. The van der Waals surface area contributed by atoms with Crippen molar-refractivity contribution in [1.82, 2.24) is 0 Å². The first-order chi connectivity index (χ1) is 5.29. The molecule has 0 amide bonds. The van der Waals surface area contributed by atoms with E-state index in [1.165, 1.54) is 0 Å². The summed E-state index contributed by atoms with van der Waals surface area (Å²) in [6.07, 6.45) is 2.72. The molecule has 0 aromatic rings. The van der Waals surface area contributed by atoms with Crippen molar-refractivity contribution in [2.75, 3.05) is 13.2 Å². The van der Waals surface area contributed by atoms with Crippen molar-refractivity contribution < 1.29 is 9.90 Å². The van der Waals surface area contributed by atoms with Gasteiger partial charge in [0.1, 0.15) is 6.29 Å². The zero-order valence-electron chi connectivity index (χ0n) is 6.99. The summed E-state index contributed by atoms with van der Waals surface area (Å²) in [7, 11) is 0. The van der Waals surface area contributed by atoms with Crippen LogP contribution >= 0.6 is 0 Å². The Hall–Kier alpha value is -0.410. The molecule has 0 aliphatic heterocycles. The molecule has 3 N–H and O–H groups in total. The van der Waals surface area contributed by atoms with E-state index in [0.29, 0.717) is 6.54 Å². The molecule has 0 saturated carbocycles. The SMILES string of the molecule is CCC[C@@H](CN)C(C=O)CO. The van der Waals surface area contributed by atoms with Crippen LogP contribution in [0, 0.1) is 11.8 Å². The van der Waals surface area contributed by atoms with Gasteiger partial charge in [0.15, 0.2) is 0 Å². The van der Waals surface area contributed by atoms with Gasteiger partial charge in [-0.25, -0.2) is 0 Å². The van der Waals surface area contributed by atoms with Crippen LogP contribution in [0.2, 0.25) is 0 Å². The van der Waals surface area contributed by atoms with Gasteiger partial charge < -0.3 is 15.6 Å². The molecule has 0 heterocycles. The van der Waals surface area contributed by atoms with E-state index in [4.69, 9.17) is 10.8 Å². The van der Waals surface area contributed by atoms with Crippen molar-refractivity contribution in [3.63, 3.8) is 0 Å². The molecule has 3 heteroatoms. The number of hydrogen-bond acceptors (Lipinski definition) is 3. The number of carbonyl (C=O) groups is 1. The van der Waals surface area contributed by atoms with Crippen molar-refractivity contribution >= 4 is 6.29 Å². The third-order valence-electron chi connectivity index (χ3n) is 1.95. The summed E-state index contributed by atoms with van der Waals surface area (Å²) >= 11 is 0. The summed E-state index contributed by atoms with van der Waals surface area (Å²) < 4.78 is 0. The summed E-state index contributed by atoms with van der Waals surface area (Å²) in [5.41, 5.74) is 5.44. The molecule has 0 aliphatic carbocycles. The number of carbonyl (C=O) groups excluding carboxylic acids is 1. The largest absolute Gasteiger partial charge is 0.396 e.